The molecule has 0 radical (unpaired) electrons. The molecule has 1 fully saturated rings. The van der Waals surface area contributed by atoms with Crippen molar-refractivity contribution in [1.82, 2.24) is 9.29 Å². The Kier molecular flexibility index (Phi) is 6.56. The molecule has 1 aliphatic rings. The van der Waals surface area contributed by atoms with Gasteiger partial charge in [-0.1, -0.05) is 0 Å². The number of hydrogen-bond acceptors (Lipinski definition) is 5. The largest absolute Gasteiger partial charge is 0.491 e. The number of sulfonamides is 1. The standard InChI is InChI=1S/C18H16F7N3O3S/c1-31-16-12(19)14(21)17(15(22)13(16)20)32(29,30)28-6-2-5-27(7-8-28)11-4-3-10(9-26-11)18(23,24)25/h3-4,9H,2,5-8H2,1H3. The maximum atomic E-state index is 14.3. The lowest BCUT2D eigenvalue weighted by Crippen LogP contribution is -2.36. The van der Waals surface area contributed by atoms with E-state index in [-0.39, 0.29) is 38.4 Å². The molecule has 1 saturated heterocycles. The maximum absolute atomic E-state index is 14.3. The number of hydrogen-bond donors (Lipinski definition) is 0. The minimum atomic E-state index is -5.00. The lowest BCUT2D eigenvalue weighted by Gasteiger charge is -2.23. The number of alkyl halides is 3. The summed E-state index contributed by atoms with van der Waals surface area (Å²) < 4.78 is 125. The van der Waals surface area contributed by atoms with Crippen LogP contribution < -0.4 is 9.64 Å². The lowest BCUT2D eigenvalue weighted by molar-refractivity contribution is -0.137. The fraction of sp³-hybridized carbons (Fsp3) is 0.389. The average molecular weight is 487 g/mol. The van der Waals surface area contributed by atoms with Crippen LogP contribution in [-0.2, 0) is 16.2 Å². The Balaban J connectivity index is 1.87. The quantitative estimate of drug-likeness (QED) is 0.488. The van der Waals surface area contributed by atoms with Crippen molar-refractivity contribution >= 4 is 15.8 Å². The summed E-state index contributed by atoms with van der Waals surface area (Å²) >= 11 is 0. The van der Waals surface area contributed by atoms with Crippen LogP contribution in [0.3, 0.4) is 0 Å². The molecule has 1 aromatic carbocycles. The van der Waals surface area contributed by atoms with E-state index in [9.17, 15) is 39.2 Å². The van der Waals surface area contributed by atoms with Crippen LogP contribution in [0.1, 0.15) is 12.0 Å². The van der Waals surface area contributed by atoms with Crippen LogP contribution in [0, 0.1) is 23.3 Å². The predicted octanol–water partition coefficient (Wildman–Crippen LogP) is 3.57. The van der Waals surface area contributed by atoms with Gasteiger partial charge in [-0.2, -0.15) is 26.3 Å². The molecule has 0 saturated carbocycles. The first kappa shape index (κ1) is 24.0. The summed E-state index contributed by atoms with van der Waals surface area (Å²) in [5.74, 6) is -9.48. The van der Waals surface area contributed by atoms with Crippen LogP contribution in [0.4, 0.5) is 36.6 Å². The smallest absolute Gasteiger partial charge is 0.417 e. The molecule has 0 aliphatic carbocycles. The molecule has 0 N–H and O–H groups in total. The minimum absolute atomic E-state index is 0.0953. The van der Waals surface area contributed by atoms with Crippen LogP contribution in [0.25, 0.3) is 0 Å². The third-order valence-corrected chi connectivity index (χ3v) is 6.76. The molecule has 3 rings (SSSR count). The van der Waals surface area contributed by atoms with Crippen molar-refractivity contribution in [2.24, 2.45) is 0 Å². The van der Waals surface area contributed by atoms with Crippen molar-refractivity contribution in [3.63, 3.8) is 0 Å². The van der Waals surface area contributed by atoms with E-state index in [1.807, 2.05) is 0 Å². The van der Waals surface area contributed by atoms with Crippen LogP contribution in [0.2, 0.25) is 0 Å². The van der Waals surface area contributed by atoms with Gasteiger partial charge in [-0.05, 0) is 18.6 Å². The Bertz CT molecular complexity index is 1080. The molecular formula is C18H16F7N3O3S. The number of rotatable bonds is 4. The maximum Gasteiger partial charge on any atom is 0.417 e. The highest BCUT2D eigenvalue weighted by atomic mass is 32.2. The highest BCUT2D eigenvalue weighted by Gasteiger charge is 2.38. The second kappa shape index (κ2) is 8.73. The Morgan fingerprint density at radius 1 is 0.938 bits per heavy atom. The molecule has 14 heteroatoms. The fourth-order valence-electron chi connectivity index (χ4n) is 3.23. The van der Waals surface area contributed by atoms with Crippen molar-refractivity contribution in [2.75, 3.05) is 38.2 Å². The molecule has 0 amide bonds. The van der Waals surface area contributed by atoms with Crippen LogP contribution >= 0.6 is 0 Å². The predicted molar refractivity (Wildman–Crippen MR) is 97.7 cm³/mol. The summed E-state index contributed by atoms with van der Waals surface area (Å²) in [6, 6.07) is 1.93. The Morgan fingerprint density at radius 2 is 1.56 bits per heavy atom. The van der Waals surface area contributed by atoms with Gasteiger partial charge in [0.05, 0.1) is 12.7 Å². The molecule has 32 heavy (non-hydrogen) atoms. The number of methoxy groups -OCH3 is 1. The van der Waals surface area contributed by atoms with Gasteiger partial charge in [0, 0.05) is 32.4 Å². The topological polar surface area (TPSA) is 62.7 Å². The lowest BCUT2D eigenvalue weighted by atomic mass is 10.2. The highest BCUT2D eigenvalue weighted by molar-refractivity contribution is 7.89. The molecule has 2 heterocycles. The molecule has 6 nitrogen and oxygen atoms in total. The van der Waals surface area contributed by atoms with Crippen molar-refractivity contribution in [2.45, 2.75) is 17.5 Å². The highest BCUT2D eigenvalue weighted by Crippen LogP contribution is 2.34. The van der Waals surface area contributed by atoms with E-state index in [1.165, 1.54) is 4.90 Å². The van der Waals surface area contributed by atoms with E-state index in [4.69, 9.17) is 0 Å². The van der Waals surface area contributed by atoms with Gasteiger partial charge in [-0.15, -0.1) is 0 Å². The Hall–Kier alpha value is -2.61. The van der Waals surface area contributed by atoms with Crippen molar-refractivity contribution < 1.29 is 43.9 Å². The van der Waals surface area contributed by atoms with Gasteiger partial charge in [0.25, 0.3) is 0 Å². The van der Waals surface area contributed by atoms with Gasteiger partial charge in [-0.25, -0.2) is 22.2 Å². The summed E-state index contributed by atoms with van der Waals surface area (Å²) in [7, 11) is -4.24. The number of anilines is 1. The SMILES string of the molecule is COc1c(F)c(F)c(S(=O)(=O)N2CCCN(c3ccc(C(F)(F)F)cn3)CC2)c(F)c1F. The van der Waals surface area contributed by atoms with Crippen LogP contribution in [0.5, 0.6) is 5.75 Å². The van der Waals surface area contributed by atoms with Gasteiger partial charge in [-0.3, -0.25) is 0 Å². The Morgan fingerprint density at radius 3 is 2.06 bits per heavy atom. The number of aromatic nitrogens is 1. The molecule has 2 aromatic rings. The minimum Gasteiger partial charge on any atom is -0.491 e. The first-order valence-electron chi connectivity index (χ1n) is 9.07. The van der Waals surface area contributed by atoms with Gasteiger partial charge in [0.15, 0.2) is 22.3 Å². The first-order chi connectivity index (χ1) is 14.9. The number of nitrogens with zero attached hydrogens (tertiary/aromatic N) is 3. The van der Waals surface area contributed by atoms with E-state index < -0.39 is 55.7 Å². The van der Waals surface area contributed by atoms with E-state index in [0.29, 0.717) is 10.5 Å². The number of benzene rings is 1. The summed E-state index contributed by atoms with van der Waals surface area (Å²) in [5, 5.41) is 0. The molecule has 1 aliphatic heterocycles. The normalized spacial score (nSPS) is 16.2. The number of halogens is 7. The summed E-state index contributed by atoms with van der Waals surface area (Å²) in [6.07, 6.45) is -3.85. The zero-order valence-electron chi connectivity index (χ0n) is 16.4. The van der Waals surface area contributed by atoms with Crippen molar-refractivity contribution in [3.05, 3.63) is 47.2 Å². The third kappa shape index (κ3) is 4.33. The van der Waals surface area contributed by atoms with Gasteiger partial charge < -0.3 is 9.64 Å². The fourth-order valence-corrected chi connectivity index (χ4v) is 4.81. The second-order valence-electron chi connectivity index (χ2n) is 6.77. The monoisotopic (exact) mass is 487 g/mol. The summed E-state index contributed by atoms with van der Waals surface area (Å²) in [5.41, 5.74) is -0.963. The molecule has 0 unspecified atom stereocenters. The second-order valence-corrected chi connectivity index (χ2v) is 8.64. The molecule has 0 spiro atoms. The Labute approximate surface area is 178 Å². The average Bonchev–Trinajstić information content (AvgIpc) is 2.99. The van der Waals surface area contributed by atoms with Crippen molar-refractivity contribution in [1.29, 1.82) is 0 Å². The number of pyridine rings is 1. The van der Waals surface area contributed by atoms with E-state index in [1.54, 1.807) is 0 Å². The molecular weight excluding hydrogens is 471 g/mol. The summed E-state index contributed by atoms with van der Waals surface area (Å²) in [4.78, 5) is 3.43. The zero-order valence-corrected chi connectivity index (χ0v) is 17.2. The summed E-state index contributed by atoms with van der Waals surface area (Å²) in [6.45, 7) is -0.546. The van der Waals surface area contributed by atoms with Gasteiger partial charge >= 0.3 is 6.18 Å². The van der Waals surface area contributed by atoms with Gasteiger partial charge in [0.1, 0.15) is 5.82 Å². The van der Waals surface area contributed by atoms with Crippen molar-refractivity contribution in [3.8, 4) is 5.75 Å². The zero-order chi connectivity index (χ0) is 23.8. The van der Waals surface area contributed by atoms with Crippen LogP contribution in [-0.4, -0.2) is 51.0 Å². The molecule has 0 bridgehead atoms. The van der Waals surface area contributed by atoms with E-state index >= 15 is 0 Å². The molecule has 176 valence electrons. The molecule has 1 aromatic heterocycles. The van der Waals surface area contributed by atoms with Gasteiger partial charge in [0.2, 0.25) is 21.7 Å². The molecule has 0 atom stereocenters. The first-order valence-corrected chi connectivity index (χ1v) is 10.5. The number of ether oxygens (including phenoxy) is 1. The van der Waals surface area contributed by atoms with E-state index in [2.05, 4.69) is 9.72 Å². The van der Waals surface area contributed by atoms with E-state index in [0.717, 1.165) is 19.2 Å². The third-order valence-electron chi connectivity index (χ3n) is 4.84. The van der Waals surface area contributed by atoms with Crippen LogP contribution in [0.15, 0.2) is 23.2 Å².